The summed E-state index contributed by atoms with van der Waals surface area (Å²) in [4.78, 5) is 13.1. The molecule has 0 aliphatic heterocycles. The summed E-state index contributed by atoms with van der Waals surface area (Å²) in [6, 6.07) is 20.1. The quantitative estimate of drug-likeness (QED) is 0.645. The number of nitrogens with one attached hydrogen (secondary N) is 1. The molecule has 0 radical (unpaired) electrons. The summed E-state index contributed by atoms with van der Waals surface area (Å²) in [6.45, 7) is 2.02. The second-order valence-corrected chi connectivity index (χ2v) is 5.87. The van der Waals surface area contributed by atoms with E-state index in [0.29, 0.717) is 0 Å². The second kappa shape index (κ2) is 8.32. The van der Waals surface area contributed by atoms with Crippen molar-refractivity contribution in [3.05, 3.63) is 72.3 Å². The molecular formula is C18H19NOS. The Hall–Kier alpha value is -2.00. The molecule has 2 aromatic carbocycles. The predicted octanol–water partition coefficient (Wildman–Crippen LogP) is 4.00. The first kappa shape index (κ1) is 15.4. The van der Waals surface area contributed by atoms with Crippen LogP contribution in [0.1, 0.15) is 12.5 Å². The maximum absolute atomic E-state index is 11.8. The van der Waals surface area contributed by atoms with Gasteiger partial charge in [0.05, 0.1) is 0 Å². The first-order chi connectivity index (χ1) is 10.2. The zero-order valence-corrected chi connectivity index (χ0v) is 12.8. The molecule has 0 spiro atoms. The molecule has 21 heavy (non-hydrogen) atoms. The summed E-state index contributed by atoms with van der Waals surface area (Å²) in [7, 11) is 0. The normalized spacial score (nSPS) is 12.2. The third-order valence-corrected chi connectivity index (χ3v) is 4.13. The Balaban J connectivity index is 1.76. The molecule has 1 N–H and O–H groups in total. The van der Waals surface area contributed by atoms with Crippen molar-refractivity contribution in [1.29, 1.82) is 0 Å². The van der Waals surface area contributed by atoms with Crippen molar-refractivity contribution in [2.75, 3.05) is 5.75 Å². The fourth-order valence-corrected chi connectivity index (χ4v) is 2.68. The highest BCUT2D eigenvalue weighted by molar-refractivity contribution is 7.99. The molecule has 108 valence electrons. The zero-order valence-electron chi connectivity index (χ0n) is 12.0. The van der Waals surface area contributed by atoms with Gasteiger partial charge in [-0.25, -0.2) is 0 Å². The van der Waals surface area contributed by atoms with Gasteiger partial charge in [0.25, 0.3) is 0 Å². The van der Waals surface area contributed by atoms with Gasteiger partial charge in [0, 0.05) is 22.8 Å². The monoisotopic (exact) mass is 297 g/mol. The van der Waals surface area contributed by atoms with Gasteiger partial charge in [0.15, 0.2) is 0 Å². The van der Waals surface area contributed by atoms with Crippen molar-refractivity contribution in [2.24, 2.45) is 0 Å². The van der Waals surface area contributed by atoms with E-state index in [0.717, 1.165) is 11.3 Å². The van der Waals surface area contributed by atoms with Gasteiger partial charge in [0.1, 0.15) is 0 Å². The molecule has 2 nitrogen and oxygen atoms in total. The van der Waals surface area contributed by atoms with Crippen molar-refractivity contribution >= 4 is 23.7 Å². The van der Waals surface area contributed by atoms with E-state index in [1.807, 2.05) is 61.5 Å². The number of carbonyl (C=O) groups excluding carboxylic acids is 1. The third kappa shape index (κ3) is 5.88. The molecule has 0 heterocycles. The number of hydrogen-bond donors (Lipinski definition) is 1. The van der Waals surface area contributed by atoms with Gasteiger partial charge in [-0.15, -0.1) is 11.8 Å². The van der Waals surface area contributed by atoms with Crippen LogP contribution in [0.3, 0.4) is 0 Å². The predicted molar refractivity (Wildman–Crippen MR) is 90.2 cm³/mol. The van der Waals surface area contributed by atoms with E-state index in [4.69, 9.17) is 0 Å². The van der Waals surface area contributed by atoms with Crippen LogP contribution in [0.4, 0.5) is 0 Å². The Labute approximate surface area is 130 Å². The highest BCUT2D eigenvalue weighted by Gasteiger charge is 2.05. The maximum atomic E-state index is 11.8. The van der Waals surface area contributed by atoms with Gasteiger partial charge >= 0.3 is 0 Å². The van der Waals surface area contributed by atoms with Crippen molar-refractivity contribution in [3.8, 4) is 0 Å². The van der Waals surface area contributed by atoms with E-state index in [9.17, 15) is 4.79 Å². The lowest BCUT2D eigenvalue weighted by Gasteiger charge is -2.11. The van der Waals surface area contributed by atoms with Crippen LogP contribution in [0.15, 0.2) is 71.6 Å². The van der Waals surface area contributed by atoms with E-state index in [2.05, 4.69) is 17.4 Å². The zero-order chi connectivity index (χ0) is 14.9. The Morgan fingerprint density at radius 3 is 2.38 bits per heavy atom. The highest BCUT2D eigenvalue weighted by atomic mass is 32.2. The van der Waals surface area contributed by atoms with Crippen LogP contribution in [0, 0.1) is 0 Å². The fraction of sp³-hybridized carbons (Fsp3) is 0.167. The Morgan fingerprint density at radius 2 is 1.71 bits per heavy atom. The number of amides is 1. The minimum Gasteiger partial charge on any atom is -0.349 e. The largest absolute Gasteiger partial charge is 0.349 e. The van der Waals surface area contributed by atoms with Crippen LogP contribution in [0.25, 0.3) is 6.08 Å². The van der Waals surface area contributed by atoms with Gasteiger partial charge in [-0.1, -0.05) is 48.5 Å². The van der Waals surface area contributed by atoms with Crippen molar-refractivity contribution < 1.29 is 4.79 Å². The molecule has 2 rings (SSSR count). The van der Waals surface area contributed by atoms with Crippen LogP contribution in [0.2, 0.25) is 0 Å². The van der Waals surface area contributed by atoms with Crippen LogP contribution in [-0.4, -0.2) is 17.7 Å². The van der Waals surface area contributed by atoms with E-state index in [1.54, 1.807) is 17.8 Å². The molecule has 1 atom stereocenters. The maximum Gasteiger partial charge on any atom is 0.244 e. The fourth-order valence-electron chi connectivity index (χ4n) is 1.81. The van der Waals surface area contributed by atoms with Gasteiger partial charge in [-0.3, -0.25) is 4.79 Å². The first-order valence-corrected chi connectivity index (χ1v) is 7.94. The number of carbonyl (C=O) groups is 1. The average Bonchev–Trinajstić information content (AvgIpc) is 2.53. The van der Waals surface area contributed by atoms with Crippen molar-refractivity contribution in [3.63, 3.8) is 0 Å². The minimum absolute atomic E-state index is 0.0555. The number of rotatable bonds is 6. The lowest BCUT2D eigenvalue weighted by Crippen LogP contribution is -2.32. The summed E-state index contributed by atoms with van der Waals surface area (Å²) in [6.07, 6.45) is 3.41. The van der Waals surface area contributed by atoms with Gasteiger partial charge in [0.2, 0.25) is 5.91 Å². The van der Waals surface area contributed by atoms with E-state index >= 15 is 0 Å². The molecule has 0 saturated carbocycles. The molecule has 0 aliphatic rings. The minimum atomic E-state index is -0.0555. The van der Waals surface area contributed by atoms with Crippen molar-refractivity contribution in [1.82, 2.24) is 5.32 Å². The third-order valence-electron chi connectivity index (χ3n) is 2.86. The average molecular weight is 297 g/mol. The van der Waals surface area contributed by atoms with Crippen LogP contribution in [0.5, 0.6) is 0 Å². The van der Waals surface area contributed by atoms with E-state index in [1.165, 1.54) is 4.90 Å². The molecule has 2 aromatic rings. The number of thioether (sulfide) groups is 1. The molecule has 0 fully saturated rings. The highest BCUT2D eigenvalue weighted by Crippen LogP contribution is 2.17. The molecule has 1 unspecified atom stereocenters. The number of hydrogen-bond acceptors (Lipinski definition) is 2. The van der Waals surface area contributed by atoms with Gasteiger partial charge in [-0.2, -0.15) is 0 Å². The molecule has 0 aliphatic carbocycles. The standard InChI is InChI=1S/C18H19NOS/c1-15(14-21-17-10-6-3-7-11-17)19-18(20)13-12-16-8-4-2-5-9-16/h2-13,15H,14H2,1H3,(H,19,20). The lowest BCUT2D eigenvalue weighted by atomic mass is 10.2. The second-order valence-electron chi connectivity index (χ2n) is 4.78. The lowest BCUT2D eigenvalue weighted by molar-refractivity contribution is -0.116. The topological polar surface area (TPSA) is 29.1 Å². The molecule has 0 saturated heterocycles. The smallest absolute Gasteiger partial charge is 0.244 e. The Kier molecular flexibility index (Phi) is 6.10. The number of benzene rings is 2. The Morgan fingerprint density at radius 1 is 1.10 bits per heavy atom. The summed E-state index contributed by atoms with van der Waals surface area (Å²) in [5.74, 6) is 0.801. The van der Waals surface area contributed by atoms with Crippen LogP contribution < -0.4 is 5.32 Å². The van der Waals surface area contributed by atoms with Gasteiger partial charge in [-0.05, 0) is 30.7 Å². The summed E-state index contributed by atoms with van der Waals surface area (Å²) < 4.78 is 0. The summed E-state index contributed by atoms with van der Waals surface area (Å²) in [5.41, 5.74) is 1.03. The van der Waals surface area contributed by atoms with Crippen LogP contribution in [-0.2, 0) is 4.79 Å². The Bertz CT molecular complexity index is 581. The molecule has 0 bridgehead atoms. The molecule has 3 heteroatoms. The summed E-state index contributed by atoms with van der Waals surface area (Å²) >= 11 is 1.75. The van der Waals surface area contributed by atoms with Crippen LogP contribution >= 0.6 is 11.8 Å². The summed E-state index contributed by atoms with van der Waals surface area (Å²) in [5, 5.41) is 2.97. The SMILES string of the molecule is CC(CSc1ccccc1)NC(=O)C=Cc1ccccc1. The van der Waals surface area contributed by atoms with E-state index < -0.39 is 0 Å². The van der Waals surface area contributed by atoms with E-state index in [-0.39, 0.29) is 11.9 Å². The van der Waals surface area contributed by atoms with Crippen molar-refractivity contribution in [2.45, 2.75) is 17.9 Å². The molecule has 0 aromatic heterocycles. The molecular weight excluding hydrogens is 278 g/mol. The van der Waals surface area contributed by atoms with Gasteiger partial charge < -0.3 is 5.32 Å². The first-order valence-electron chi connectivity index (χ1n) is 6.95. The molecule has 1 amide bonds.